The highest BCUT2D eigenvalue weighted by molar-refractivity contribution is 6.30. The van der Waals surface area contributed by atoms with Crippen molar-refractivity contribution in [3.8, 4) is 5.88 Å². The third-order valence-corrected chi connectivity index (χ3v) is 3.49. The van der Waals surface area contributed by atoms with Gasteiger partial charge in [-0.05, 0) is 19.1 Å². The van der Waals surface area contributed by atoms with E-state index in [4.69, 9.17) is 16.3 Å². The van der Waals surface area contributed by atoms with Gasteiger partial charge in [0.2, 0.25) is 5.88 Å². The molecule has 0 aliphatic carbocycles. The van der Waals surface area contributed by atoms with Crippen molar-refractivity contribution >= 4 is 11.6 Å². The number of rotatable bonds is 4. The van der Waals surface area contributed by atoms with Gasteiger partial charge in [-0.15, -0.1) is 0 Å². The fourth-order valence-electron chi connectivity index (χ4n) is 2.04. The highest BCUT2D eigenvalue weighted by atomic mass is 35.5. The smallest absolute Gasteiger partial charge is 0.218 e. The van der Waals surface area contributed by atoms with Crippen molar-refractivity contribution in [2.45, 2.75) is 19.4 Å². The Morgan fingerprint density at radius 2 is 2.26 bits per heavy atom. The van der Waals surface area contributed by atoms with Gasteiger partial charge in [0.15, 0.2) is 0 Å². The van der Waals surface area contributed by atoms with Crippen LogP contribution in [0.1, 0.15) is 22.9 Å². The molecule has 2 heterocycles. The van der Waals surface area contributed by atoms with Crippen LogP contribution in [-0.4, -0.2) is 27.0 Å². The zero-order valence-electron chi connectivity index (χ0n) is 11.1. The average Bonchev–Trinajstić information content (AvgIpc) is 2.65. The fraction of sp³-hybridized carbons (Fsp3) is 0.385. The molecule has 1 N–H and O–H groups in total. The monoisotopic (exact) mass is 281 g/mol. The predicted molar refractivity (Wildman–Crippen MR) is 72.4 cm³/mol. The van der Waals surface area contributed by atoms with Crippen molar-refractivity contribution < 1.29 is 9.84 Å². The Kier molecular flexibility index (Phi) is 4.07. The van der Waals surface area contributed by atoms with Gasteiger partial charge in [-0.2, -0.15) is 5.10 Å². The number of pyridine rings is 1. The van der Waals surface area contributed by atoms with Gasteiger partial charge in [-0.1, -0.05) is 11.6 Å². The van der Waals surface area contributed by atoms with Crippen molar-refractivity contribution in [3.05, 3.63) is 40.3 Å². The fourth-order valence-corrected chi connectivity index (χ4v) is 2.29. The Bertz CT molecular complexity index is 583. The molecule has 2 aromatic heterocycles. The Hall–Kier alpha value is -1.59. The maximum Gasteiger partial charge on any atom is 0.218 e. The summed E-state index contributed by atoms with van der Waals surface area (Å²) in [5, 5.41) is 15.1. The summed E-state index contributed by atoms with van der Waals surface area (Å²) in [6, 6.07) is 3.55. The lowest BCUT2D eigenvalue weighted by molar-refractivity contribution is 0.172. The first-order chi connectivity index (χ1) is 9.04. The Morgan fingerprint density at radius 3 is 2.84 bits per heavy atom. The standard InChI is InChI=1S/C13H16ClN3O2/c1-8-10(12(14)17(2)16-8)7-11(18)9-5-4-6-15-13(9)19-3/h4-6,11,18H,7H2,1-3H3. The lowest BCUT2D eigenvalue weighted by Gasteiger charge is -2.13. The molecule has 5 nitrogen and oxygen atoms in total. The molecule has 0 spiro atoms. The zero-order valence-corrected chi connectivity index (χ0v) is 11.8. The normalized spacial score (nSPS) is 12.5. The SMILES string of the molecule is COc1ncccc1C(O)Cc1c(C)nn(C)c1Cl. The van der Waals surface area contributed by atoms with Crippen molar-refractivity contribution in [2.24, 2.45) is 7.05 Å². The van der Waals surface area contributed by atoms with E-state index in [1.165, 1.54) is 7.11 Å². The Labute approximate surface area is 116 Å². The van der Waals surface area contributed by atoms with Crippen LogP contribution in [0.4, 0.5) is 0 Å². The van der Waals surface area contributed by atoms with E-state index in [9.17, 15) is 5.11 Å². The topological polar surface area (TPSA) is 60.2 Å². The van der Waals surface area contributed by atoms with Gasteiger partial charge in [-0.25, -0.2) is 4.98 Å². The highest BCUT2D eigenvalue weighted by Gasteiger charge is 2.19. The van der Waals surface area contributed by atoms with Crippen LogP contribution in [-0.2, 0) is 13.5 Å². The number of hydrogen-bond acceptors (Lipinski definition) is 4. The molecular weight excluding hydrogens is 266 g/mol. The van der Waals surface area contributed by atoms with Gasteiger partial charge >= 0.3 is 0 Å². The second-order valence-electron chi connectivity index (χ2n) is 4.30. The van der Waals surface area contributed by atoms with E-state index >= 15 is 0 Å². The molecule has 1 atom stereocenters. The van der Waals surface area contributed by atoms with Crippen LogP contribution >= 0.6 is 11.6 Å². The molecule has 2 aromatic rings. The molecule has 0 aliphatic heterocycles. The molecule has 2 rings (SSSR count). The Morgan fingerprint density at radius 1 is 1.53 bits per heavy atom. The molecule has 0 fully saturated rings. The van der Waals surface area contributed by atoms with E-state index in [1.807, 2.05) is 6.92 Å². The maximum absolute atomic E-state index is 10.3. The molecular formula is C13H16ClN3O2. The predicted octanol–water partition coefficient (Wildman–Crippen LogP) is 2.06. The van der Waals surface area contributed by atoms with Crippen molar-refractivity contribution in [1.29, 1.82) is 0 Å². The lowest BCUT2D eigenvalue weighted by atomic mass is 10.0. The second kappa shape index (κ2) is 5.59. The molecule has 102 valence electrons. The summed E-state index contributed by atoms with van der Waals surface area (Å²) >= 11 is 6.16. The van der Waals surface area contributed by atoms with Gasteiger partial charge in [0.05, 0.1) is 18.9 Å². The van der Waals surface area contributed by atoms with E-state index in [1.54, 1.807) is 30.1 Å². The van der Waals surface area contributed by atoms with E-state index in [2.05, 4.69) is 10.1 Å². The van der Waals surface area contributed by atoms with Crippen LogP contribution in [0.3, 0.4) is 0 Å². The molecule has 0 radical (unpaired) electrons. The summed E-state index contributed by atoms with van der Waals surface area (Å²) in [5.41, 5.74) is 2.29. The van der Waals surface area contributed by atoms with Gasteiger partial charge < -0.3 is 9.84 Å². The van der Waals surface area contributed by atoms with Crippen LogP contribution in [0.2, 0.25) is 5.15 Å². The summed E-state index contributed by atoms with van der Waals surface area (Å²) < 4.78 is 6.74. The molecule has 0 saturated carbocycles. The van der Waals surface area contributed by atoms with E-state index in [0.29, 0.717) is 23.0 Å². The molecule has 0 aliphatic rings. The number of ether oxygens (including phenoxy) is 1. The van der Waals surface area contributed by atoms with Gasteiger partial charge in [0.25, 0.3) is 0 Å². The lowest BCUT2D eigenvalue weighted by Crippen LogP contribution is -2.06. The molecule has 0 bridgehead atoms. The third-order valence-electron chi connectivity index (χ3n) is 3.02. The van der Waals surface area contributed by atoms with E-state index in [-0.39, 0.29) is 0 Å². The van der Waals surface area contributed by atoms with E-state index < -0.39 is 6.10 Å². The largest absolute Gasteiger partial charge is 0.481 e. The first-order valence-electron chi connectivity index (χ1n) is 5.89. The molecule has 1 unspecified atom stereocenters. The van der Waals surface area contributed by atoms with Crippen LogP contribution in [0, 0.1) is 6.92 Å². The summed E-state index contributed by atoms with van der Waals surface area (Å²) in [6.45, 7) is 1.87. The van der Waals surface area contributed by atoms with Crippen LogP contribution in [0.15, 0.2) is 18.3 Å². The number of aryl methyl sites for hydroxylation is 2. The number of halogens is 1. The minimum Gasteiger partial charge on any atom is -0.481 e. The summed E-state index contributed by atoms with van der Waals surface area (Å²) in [4.78, 5) is 4.07. The first kappa shape index (κ1) is 13.8. The first-order valence-corrected chi connectivity index (χ1v) is 6.27. The second-order valence-corrected chi connectivity index (χ2v) is 4.66. The zero-order chi connectivity index (χ0) is 14.0. The molecule has 0 aromatic carbocycles. The quantitative estimate of drug-likeness (QED) is 0.932. The van der Waals surface area contributed by atoms with E-state index in [0.717, 1.165) is 11.3 Å². The van der Waals surface area contributed by atoms with Gasteiger partial charge in [0.1, 0.15) is 5.15 Å². The van der Waals surface area contributed by atoms with Gasteiger partial charge in [0, 0.05) is 30.8 Å². The summed E-state index contributed by atoms with van der Waals surface area (Å²) in [5.74, 6) is 0.424. The number of methoxy groups -OCH3 is 1. The number of nitrogens with zero attached hydrogens (tertiary/aromatic N) is 3. The van der Waals surface area contributed by atoms with Crippen molar-refractivity contribution in [2.75, 3.05) is 7.11 Å². The van der Waals surface area contributed by atoms with Crippen molar-refractivity contribution in [1.82, 2.24) is 14.8 Å². The number of hydrogen-bond donors (Lipinski definition) is 1. The molecule has 0 amide bonds. The number of aliphatic hydroxyl groups excluding tert-OH is 1. The Balaban J connectivity index is 2.28. The van der Waals surface area contributed by atoms with Gasteiger partial charge in [-0.3, -0.25) is 4.68 Å². The maximum atomic E-state index is 10.3. The van der Waals surface area contributed by atoms with Crippen LogP contribution in [0.25, 0.3) is 0 Å². The highest BCUT2D eigenvalue weighted by Crippen LogP contribution is 2.29. The molecule has 0 saturated heterocycles. The van der Waals surface area contributed by atoms with Crippen molar-refractivity contribution in [3.63, 3.8) is 0 Å². The average molecular weight is 282 g/mol. The minimum absolute atomic E-state index is 0.376. The molecule has 6 heteroatoms. The number of aliphatic hydroxyl groups is 1. The molecule has 19 heavy (non-hydrogen) atoms. The minimum atomic E-state index is -0.732. The van der Waals surface area contributed by atoms with Crippen LogP contribution < -0.4 is 4.74 Å². The number of aromatic nitrogens is 3. The van der Waals surface area contributed by atoms with Crippen LogP contribution in [0.5, 0.6) is 5.88 Å². The summed E-state index contributed by atoms with van der Waals surface area (Å²) in [6.07, 6.45) is 1.27. The third kappa shape index (κ3) is 2.72. The summed E-state index contributed by atoms with van der Waals surface area (Å²) in [7, 11) is 3.30.